The highest BCUT2D eigenvalue weighted by Gasteiger charge is 2.30. The minimum Gasteiger partial charge on any atom is -0.480 e. The van der Waals surface area contributed by atoms with Gasteiger partial charge in [-0.25, -0.2) is 0 Å². The zero-order valence-corrected chi connectivity index (χ0v) is 18.2. The van der Waals surface area contributed by atoms with Crippen LogP contribution in [0.25, 0.3) is 0 Å². The molecular formula is C17H33N7O5S. The largest absolute Gasteiger partial charge is 0.480 e. The minimum absolute atomic E-state index is 0.0485. The van der Waals surface area contributed by atoms with Crippen molar-refractivity contribution < 1.29 is 24.3 Å². The van der Waals surface area contributed by atoms with Crippen molar-refractivity contribution in [3.05, 3.63) is 0 Å². The zero-order chi connectivity index (χ0) is 23.3. The predicted molar refractivity (Wildman–Crippen MR) is 116 cm³/mol. The molecule has 13 heteroatoms. The van der Waals surface area contributed by atoms with Crippen LogP contribution in [-0.4, -0.2) is 71.7 Å². The fraction of sp³-hybridized carbons (Fsp3) is 0.706. The Hall–Kier alpha value is -2.54. The van der Waals surface area contributed by atoms with Crippen LogP contribution in [0.15, 0.2) is 4.99 Å². The molecule has 0 aliphatic heterocycles. The number of hydrogen-bond acceptors (Lipinski definition) is 7. The van der Waals surface area contributed by atoms with E-state index in [1.165, 1.54) is 0 Å². The van der Waals surface area contributed by atoms with Gasteiger partial charge in [0.15, 0.2) is 5.96 Å². The van der Waals surface area contributed by atoms with E-state index in [1.807, 2.05) is 6.92 Å². The van der Waals surface area contributed by atoms with Crippen molar-refractivity contribution in [3.8, 4) is 0 Å². The van der Waals surface area contributed by atoms with Crippen LogP contribution in [0.4, 0.5) is 0 Å². The average Bonchev–Trinajstić information content (AvgIpc) is 2.69. The van der Waals surface area contributed by atoms with Crippen molar-refractivity contribution in [2.45, 2.75) is 51.2 Å². The fourth-order valence-corrected chi connectivity index (χ4v) is 2.61. The van der Waals surface area contributed by atoms with Crippen LogP contribution in [0.1, 0.15) is 33.1 Å². The Labute approximate surface area is 181 Å². The molecule has 0 aromatic carbocycles. The van der Waals surface area contributed by atoms with Gasteiger partial charge in [-0.05, 0) is 18.8 Å². The van der Waals surface area contributed by atoms with Crippen LogP contribution < -0.4 is 33.2 Å². The van der Waals surface area contributed by atoms with E-state index in [0.717, 1.165) is 0 Å². The second kappa shape index (κ2) is 14.4. The summed E-state index contributed by atoms with van der Waals surface area (Å²) in [5, 5.41) is 15.9. The molecule has 0 saturated carbocycles. The summed E-state index contributed by atoms with van der Waals surface area (Å²) in [6.45, 7) is 3.36. The number of carboxylic acid groups (broad SMARTS) is 1. The maximum atomic E-state index is 12.7. The summed E-state index contributed by atoms with van der Waals surface area (Å²) < 4.78 is 0. The lowest BCUT2D eigenvalue weighted by Gasteiger charge is -2.27. The lowest BCUT2D eigenvalue weighted by molar-refractivity contribution is -0.138. The summed E-state index contributed by atoms with van der Waals surface area (Å²) in [6.07, 6.45) is 1.38. The summed E-state index contributed by atoms with van der Waals surface area (Å²) in [6, 6.07) is -2.85. The number of aliphatic imine (C=N–C) groups is 1. The van der Waals surface area contributed by atoms with E-state index in [2.05, 4.69) is 33.6 Å². The number of hydrogen-bond donors (Lipinski definition) is 8. The number of guanidine groups is 1. The highest BCUT2D eigenvalue weighted by atomic mass is 32.1. The molecule has 0 rings (SSSR count). The maximum Gasteiger partial charge on any atom is 0.322 e. The third-order valence-electron chi connectivity index (χ3n) is 4.33. The molecule has 0 bridgehead atoms. The van der Waals surface area contributed by atoms with E-state index in [9.17, 15) is 19.2 Å². The monoisotopic (exact) mass is 447 g/mol. The van der Waals surface area contributed by atoms with Gasteiger partial charge in [-0.2, -0.15) is 12.6 Å². The van der Waals surface area contributed by atoms with Gasteiger partial charge in [0.05, 0.1) is 6.04 Å². The molecule has 30 heavy (non-hydrogen) atoms. The molecule has 0 fully saturated rings. The van der Waals surface area contributed by atoms with Gasteiger partial charge in [-0.1, -0.05) is 20.3 Å². The molecule has 4 unspecified atom stereocenters. The number of carbonyl (C=O) groups is 4. The molecule has 0 aromatic rings. The molecule has 0 saturated heterocycles. The number of thiol groups is 1. The summed E-state index contributed by atoms with van der Waals surface area (Å²) in [5.41, 5.74) is 16.3. The first-order valence-corrected chi connectivity index (χ1v) is 10.2. The molecule has 0 aromatic heterocycles. The Morgan fingerprint density at radius 2 is 1.73 bits per heavy atom. The van der Waals surface area contributed by atoms with Crippen molar-refractivity contribution in [2.24, 2.45) is 28.1 Å². The van der Waals surface area contributed by atoms with E-state index in [4.69, 9.17) is 22.3 Å². The van der Waals surface area contributed by atoms with Crippen LogP contribution in [-0.2, 0) is 19.2 Å². The first-order chi connectivity index (χ1) is 14.0. The minimum atomic E-state index is -1.22. The number of carboxylic acids is 1. The van der Waals surface area contributed by atoms with Gasteiger partial charge in [-0.15, -0.1) is 0 Å². The Bertz CT molecular complexity index is 628. The number of rotatable bonds is 14. The molecule has 10 N–H and O–H groups in total. The quantitative estimate of drug-likeness (QED) is 0.0615. The summed E-state index contributed by atoms with van der Waals surface area (Å²) in [7, 11) is 0. The average molecular weight is 448 g/mol. The van der Waals surface area contributed by atoms with E-state index < -0.39 is 48.4 Å². The normalized spacial score (nSPS) is 14.5. The number of aliphatic carboxylic acids is 1. The summed E-state index contributed by atoms with van der Waals surface area (Å²) >= 11 is 4.02. The van der Waals surface area contributed by atoms with Crippen molar-refractivity contribution in [1.82, 2.24) is 16.0 Å². The van der Waals surface area contributed by atoms with Gasteiger partial charge in [0.1, 0.15) is 18.6 Å². The van der Waals surface area contributed by atoms with E-state index in [0.29, 0.717) is 25.8 Å². The van der Waals surface area contributed by atoms with Gasteiger partial charge >= 0.3 is 5.97 Å². The molecule has 0 aliphatic rings. The van der Waals surface area contributed by atoms with Gasteiger partial charge in [0.25, 0.3) is 0 Å². The van der Waals surface area contributed by atoms with Gasteiger partial charge < -0.3 is 38.3 Å². The molecule has 0 aliphatic carbocycles. The lowest BCUT2D eigenvalue weighted by atomic mass is 9.97. The molecule has 12 nitrogen and oxygen atoms in total. The number of amides is 3. The molecule has 0 spiro atoms. The Morgan fingerprint density at radius 1 is 1.10 bits per heavy atom. The van der Waals surface area contributed by atoms with Crippen molar-refractivity contribution in [1.29, 1.82) is 0 Å². The number of nitrogens with one attached hydrogen (secondary N) is 3. The van der Waals surface area contributed by atoms with Crippen LogP contribution in [0.5, 0.6) is 0 Å². The van der Waals surface area contributed by atoms with Crippen LogP contribution in [0.3, 0.4) is 0 Å². The van der Waals surface area contributed by atoms with Gasteiger partial charge in [0.2, 0.25) is 17.7 Å². The first-order valence-electron chi connectivity index (χ1n) is 9.55. The molecule has 172 valence electrons. The van der Waals surface area contributed by atoms with Crippen LogP contribution in [0, 0.1) is 5.92 Å². The third kappa shape index (κ3) is 10.9. The van der Waals surface area contributed by atoms with Crippen molar-refractivity contribution in [3.63, 3.8) is 0 Å². The molecule has 4 atom stereocenters. The van der Waals surface area contributed by atoms with E-state index in [1.54, 1.807) is 6.92 Å². The van der Waals surface area contributed by atoms with Gasteiger partial charge in [-0.3, -0.25) is 24.2 Å². The SMILES string of the molecule is CCC(C)C(NC(=O)C(N)CCCN=C(N)N)C(=O)NC(CS)C(=O)NCC(=O)O. The molecular weight excluding hydrogens is 414 g/mol. The highest BCUT2D eigenvalue weighted by Crippen LogP contribution is 2.09. The Morgan fingerprint density at radius 3 is 2.23 bits per heavy atom. The van der Waals surface area contributed by atoms with Crippen molar-refractivity contribution in [2.75, 3.05) is 18.8 Å². The molecule has 0 radical (unpaired) electrons. The number of nitrogens with two attached hydrogens (primary N) is 3. The molecule has 3 amide bonds. The predicted octanol–water partition coefficient (Wildman–Crippen LogP) is -2.49. The second-order valence-corrected chi connectivity index (χ2v) is 7.15. The number of nitrogens with zero attached hydrogens (tertiary/aromatic N) is 1. The van der Waals surface area contributed by atoms with Gasteiger partial charge in [0, 0.05) is 12.3 Å². The summed E-state index contributed by atoms with van der Waals surface area (Å²) in [4.78, 5) is 51.5. The van der Waals surface area contributed by atoms with Crippen LogP contribution in [0.2, 0.25) is 0 Å². The number of carbonyl (C=O) groups excluding carboxylic acids is 3. The fourth-order valence-electron chi connectivity index (χ4n) is 2.35. The molecule has 0 heterocycles. The Kier molecular flexibility index (Phi) is 13.2. The third-order valence-corrected chi connectivity index (χ3v) is 4.69. The highest BCUT2D eigenvalue weighted by molar-refractivity contribution is 7.80. The standard InChI is InChI=1S/C17H33N7O5S/c1-3-9(2)13(24-14(27)10(18)5-4-6-21-17(19)20)16(29)23-11(8-30)15(28)22-7-12(25)26/h9-11,13,30H,3-8,18H2,1-2H3,(H,22,28)(H,23,29)(H,24,27)(H,25,26)(H4,19,20,21). The van der Waals surface area contributed by atoms with Crippen LogP contribution >= 0.6 is 12.6 Å². The van der Waals surface area contributed by atoms with E-state index >= 15 is 0 Å². The first kappa shape index (κ1) is 27.5. The maximum absolute atomic E-state index is 12.7. The van der Waals surface area contributed by atoms with E-state index in [-0.39, 0.29) is 17.6 Å². The van der Waals surface area contributed by atoms with Crippen molar-refractivity contribution >= 4 is 42.3 Å². The zero-order valence-electron chi connectivity index (χ0n) is 17.3. The lowest BCUT2D eigenvalue weighted by Crippen LogP contribution is -2.58. The smallest absolute Gasteiger partial charge is 0.322 e. The Balaban J connectivity index is 4.97. The topological polar surface area (TPSA) is 215 Å². The summed E-state index contributed by atoms with van der Waals surface area (Å²) in [5.74, 6) is -3.36. The second-order valence-electron chi connectivity index (χ2n) is 6.78.